The van der Waals surface area contributed by atoms with E-state index in [1.54, 1.807) is 11.8 Å². The van der Waals surface area contributed by atoms with E-state index in [2.05, 4.69) is 28.0 Å². The molecule has 0 bridgehead atoms. The molecule has 5 N–H and O–H groups in total. The zero-order chi connectivity index (χ0) is 14.0. The van der Waals surface area contributed by atoms with Crippen molar-refractivity contribution in [1.29, 1.82) is 0 Å². The van der Waals surface area contributed by atoms with Crippen molar-refractivity contribution in [3.8, 4) is 0 Å². The molecule has 2 aromatic rings. The third-order valence-electron chi connectivity index (χ3n) is 2.69. The zero-order valence-electron chi connectivity index (χ0n) is 11.2. The van der Waals surface area contributed by atoms with Crippen LogP contribution < -0.4 is 11.5 Å². The zero-order valence-corrected chi connectivity index (χ0v) is 12.0. The van der Waals surface area contributed by atoms with Gasteiger partial charge in [-0.3, -0.25) is 0 Å². The summed E-state index contributed by atoms with van der Waals surface area (Å²) in [5.74, 6) is 0.599. The fourth-order valence-electron chi connectivity index (χ4n) is 1.80. The van der Waals surface area contributed by atoms with Crippen molar-refractivity contribution < 1.29 is 0 Å². The Balaban J connectivity index is 2.46. The lowest BCUT2D eigenvalue weighted by Gasteiger charge is -1.99. The molecular weight excluding hydrogens is 258 g/mol. The predicted molar refractivity (Wildman–Crippen MR) is 81.9 cm³/mol. The number of fused-ring (bicyclic) bond motifs is 1. The van der Waals surface area contributed by atoms with Crippen molar-refractivity contribution in [2.24, 2.45) is 0 Å². The minimum Gasteiger partial charge on any atom is -0.383 e. The molecule has 0 atom stereocenters. The van der Waals surface area contributed by atoms with E-state index in [0.717, 1.165) is 16.0 Å². The Morgan fingerprint density at radius 2 is 2.05 bits per heavy atom. The first kappa shape index (κ1) is 13.5. The van der Waals surface area contributed by atoms with Crippen LogP contribution in [0.3, 0.4) is 0 Å². The van der Waals surface area contributed by atoms with E-state index in [9.17, 15) is 0 Å². The summed E-state index contributed by atoms with van der Waals surface area (Å²) in [4.78, 5) is 12.6. The highest BCUT2D eigenvalue weighted by Gasteiger charge is 2.13. The SMILES string of the molecule is C/C=C\C=C(/C)Sc1[nH]c2nc(N)nc(N)c2c1C. The highest BCUT2D eigenvalue weighted by molar-refractivity contribution is 8.03. The molecule has 5 nitrogen and oxygen atoms in total. The fraction of sp³-hybridized carbons (Fsp3) is 0.231. The third kappa shape index (κ3) is 2.73. The van der Waals surface area contributed by atoms with Crippen LogP contribution in [0, 0.1) is 6.92 Å². The summed E-state index contributed by atoms with van der Waals surface area (Å²) < 4.78 is 0. The summed E-state index contributed by atoms with van der Waals surface area (Å²) >= 11 is 1.64. The third-order valence-corrected chi connectivity index (χ3v) is 3.76. The summed E-state index contributed by atoms with van der Waals surface area (Å²) in [7, 11) is 0. The summed E-state index contributed by atoms with van der Waals surface area (Å²) in [6.45, 7) is 6.04. The van der Waals surface area contributed by atoms with Crippen molar-refractivity contribution in [3.05, 3.63) is 28.7 Å². The lowest BCUT2D eigenvalue weighted by molar-refractivity contribution is 1.16. The topological polar surface area (TPSA) is 93.6 Å². The number of aromatic nitrogens is 3. The van der Waals surface area contributed by atoms with Crippen molar-refractivity contribution >= 4 is 34.6 Å². The van der Waals surface area contributed by atoms with Crippen LogP contribution in [0.25, 0.3) is 11.0 Å². The maximum atomic E-state index is 5.90. The quantitative estimate of drug-likeness (QED) is 0.591. The number of aromatic amines is 1. The van der Waals surface area contributed by atoms with Crippen molar-refractivity contribution in [3.63, 3.8) is 0 Å². The standard InChI is InChI=1S/C13H17N5S/c1-4-5-6-7(2)19-12-8(3)9-10(14)16-13(15)18-11(9)17-12/h4-6H,1-3H3,(H5,14,15,16,17,18)/b5-4-,7-6+. The number of nitrogens with two attached hydrogens (primary N) is 2. The van der Waals surface area contributed by atoms with Gasteiger partial charge in [-0.15, -0.1) is 0 Å². The number of rotatable bonds is 3. The van der Waals surface area contributed by atoms with E-state index >= 15 is 0 Å². The number of H-pyrrole nitrogens is 1. The second-order valence-corrected chi connectivity index (χ2v) is 5.43. The maximum absolute atomic E-state index is 5.90. The Kier molecular flexibility index (Phi) is 3.80. The van der Waals surface area contributed by atoms with E-state index in [-0.39, 0.29) is 5.95 Å². The molecule has 0 saturated carbocycles. The number of hydrogen-bond donors (Lipinski definition) is 3. The number of nitrogen functional groups attached to an aromatic ring is 2. The second kappa shape index (κ2) is 5.36. The first-order valence-corrected chi connectivity index (χ1v) is 6.73. The number of hydrogen-bond acceptors (Lipinski definition) is 5. The summed E-state index contributed by atoms with van der Waals surface area (Å²) in [6, 6.07) is 0. The van der Waals surface area contributed by atoms with Crippen molar-refractivity contribution in [2.75, 3.05) is 11.5 Å². The number of allylic oxidation sites excluding steroid dienone is 4. The smallest absolute Gasteiger partial charge is 0.223 e. The Hall–Kier alpha value is -1.95. The first-order chi connectivity index (χ1) is 9.02. The molecule has 19 heavy (non-hydrogen) atoms. The Bertz CT molecular complexity index is 669. The van der Waals surface area contributed by atoms with E-state index < -0.39 is 0 Å². The molecule has 0 unspecified atom stereocenters. The number of aryl methyl sites for hydroxylation is 1. The molecule has 6 heteroatoms. The van der Waals surface area contributed by atoms with E-state index in [1.165, 1.54) is 4.91 Å². The molecule has 0 aliphatic heterocycles. The van der Waals surface area contributed by atoms with Crippen LogP contribution >= 0.6 is 11.8 Å². The fourth-order valence-corrected chi connectivity index (χ4v) is 2.67. The highest BCUT2D eigenvalue weighted by atomic mass is 32.2. The van der Waals surface area contributed by atoms with Gasteiger partial charge in [0.1, 0.15) is 11.5 Å². The minimum atomic E-state index is 0.184. The van der Waals surface area contributed by atoms with E-state index in [4.69, 9.17) is 11.5 Å². The molecule has 2 aromatic heterocycles. The average molecular weight is 275 g/mol. The van der Waals surface area contributed by atoms with Crippen LogP contribution in [0.2, 0.25) is 0 Å². The maximum Gasteiger partial charge on any atom is 0.223 e. The Morgan fingerprint density at radius 3 is 2.74 bits per heavy atom. The van der Waals surface area contributed by atoms with Gasteiger partial charge in [0.25, 0.3) is 0 Å². The van der Waals surface area contributed by atoms with Gasteiger partial charge < -0.3 is 16.5 Å². The van der Waals surface area contributed by atoms with Gasteiger partial charge in [0.2, 0.25) is 5.95 Å². The lowest BCUT2D eigenvalue weighted by Crippen LogP contribution is -1.99. The van der Waals surface area contributed by atoms with Crippen LogP contribution in [0.4, 0.5) is 11.8 Å². The molecule has 2 rings (SSSR count). The molecule has 0 fully saturated rings. The monoisotopic (exact) mass is 275 g/mol. The van der Waals surface area contributed by atoms with Gasteiger partial charge in [0.15, 0.2) is 0 Å². The number of nitrogens with one attached hydrogen (secondary N) is 1. The number of thioether (sulfide) groups is 1. The molecule has 0 radical (unpaired) electrons. The molecular formula is C13H17N5S. The predicted octanol–water partition coefficient (Wildman–Crippen LogP) is 3.00. The van der Waals surface area contributed by atoms with Gasteiger partial charge >= 0.3 is 0 Å². The molecule has 2 heterocycles. The first-order valence-electron chi connectivity index (χ1n) is 5.91. The average Bonchev–Trinajstić information content (AvgIpc) is 2.63. The van der Waals surface area contributed by atoms with Crippen LogP contribution in [-0.4, -0.2) is 15.0 Å². The van der Waals surface area contributed by atoms with Crippen molar-refractivity contribution in [1.82, 2.24) is 15.0 Å². The van der Waals surface area contributed by atoms with Crippen LogP contribution in [-0.2, 0) is 0 Å². The van der Waals surface area contributed by atoms with Gasteiger partial charge in [-0.05, 0) is 31.2 Å². The molecule has 0 aliphatic rings. The second-order valence-electron chi connectivity index (χ2n) is 4.17. The molecule has 0 aromatic carbocycles. The van der Waals surface area contributed by atoms with E-state index in [0.29, 0.717) is 11.5 Å². The van der Waals surface area contributed by atoms with Gasteiger partial charge in [0.05, 0.1) is 10.4 Å². The molecule has 100 valence electrons. The summed E-state index contributed by atoms with van der Waals surface area (Å²) in [5.41, 5.74) is 13.2. The molecule has 0 amide bonds. The minimum absolute atomic E-state index is 0.184. The Labute approximate surface area is 116 Å². The molecule has 0 saturated heterocycles. The summed E-state index contributed by atoms with van der Waals surface area (Å²) in [5, 5.41) is 1.86. The largest absolute Gasteiger partial charge is 0.383 e. The molecule has 0 aliphatic carbocycles. The van der Waals surface area contributed by atoms with Gasteiger partial charge in [-0.2, -0.15) is 9.97 Å². The highest BCUT2D eigenvalue weighted by Crippen LogP contribution is 2.34. The summed E-state index contributed by atoms with van der Waals surface area (Å²) in [6.07, 6.45) is 6.05. The lowest BCUT2D eigenvalue weighted by atomic mass is 10.2. The van der Waals surface area contributed by atoms with Crippen LogP contribution in [0.15, 0.2) is 28.2 Å². The normalized spacial score (nSPS) is 12.7. The Morgan fingerprint density at radius 1 is 1.32 bits per heavy atom. The van der Waals surface area contributed by atoms with Crippen molar-refractivity contribution in [2.45, 2.75) is 25.8 Å². The van der Waals surface area contributed by atoms with E-state index in [1.807, 2.05) is 26.0 Å². The van der Waals surface area contributed by atoms with Gasteiger partial charge in [-0.1, -0.05) is 30.0 Å². The van der Waals surface area contributed by atoms with Crippen LogP contribution in [0.1, 0.15) is 19.4 Å². The van der Waals surface area contributed by atoms with Gasteiger partial charge in [0, 0.05) is 0 Å². The number of anilines is 2. The van der Waals surface area contributed by atoms with Crippen LogP contribution in [0.5, 0.6) is 0 Å². The number of nitrogens with zero attached hydrogens (tertiary/aromatic N) is 2. The molecule has 0 spiro atoms. The van der Waals surface area contributed by atoms with Gasteiger partial charge in [-0.25, -0.2) is 0 Å².